The van der Waals surface area contributed by atoms with Crippen molar-refractivity contribution >= 4 is 27.8 Å². The molecular weight excluding hydrogens is 438 g/mol. The summed E-state index contributed by atoms with van der Waals surface area (Å²) in [7, 11) is -4.05. The van der Waals surface area contributed by atoms with Crippen LogP contribution in [-0.2, 0) is 14.8 Å². The maximum Gasteiger partial charge on any atom is 0.264 e. The van der Waals surface area contributed by atoms with Gasteiger partial charge in [0.25, 0.3) is 15.9 Å². The molecule has 0 aliphatic rings. The molecule has 0 heterocycles. The zero-order valence-electron chi connectivity index (χ0n) is 18.9. The van der Waals surface area contributed by atoms with E-state index in [2.05, 4.69) is 10.5 Å². The lowest BCUT2D eigenvalue weighted by molar-refractivity contribution is -0.119. The molecule has 0 atom stereocenters. The lowest BCUT2D eigenvalue weighted by Crippen LogP contribution is -2.39. The van der Waals surface area contributed by atoms with Crippen LogP contribution in [0.3, 0.4) is 0 Å². The molecule has 0 spiro atoms. The van der Waals surface area contributed by atoms with Gasteiger partial charge in [-0.25, -0.2) is 13.8 Å². The van der Waals surface area contributed by atoms with Gasteiger partial charge < -0.3 is 4.74 Å². The Morgan fingerprint density at radius 1 is 0.970 bits per heavy atom. The van der Waals surface area contributed by atoms with Crippen molar-refractivity contribution in [3.63, 3.8) is 0 Å². The van der Waals surface area contributed by atoms with Crippen molar-refractivity contribution < 1.29 is 17.9 Å². The Kier molecular flexibility index (Phi) is 7.84. The molecule has 0 fully saturated rings. The van der Waals surface area contributed by atoms with Crippen LogP contribution in [-0.4, -0.2) is 33.7 Å². The Bertz CT molecular complexity index is 1220. The summed E-state index contributed by atoms with van der Waals surface area (Å²) in [6.45, 7) is 5.54. The van der Waals surface area contributed by atoms with Gasteiger partial charge in [-0.05, 0) is 50.6 Å². The molecule has 0 radical (unpaired) electrons. The Hall–Kier alpha value is -3.65. The number of hydrogen-bond acceptors (Lipinski definition) is 5. The summed E-state index contributed by atoms with van der Waals surface area (Å²) in [6, 6.07) is 20.8. The van der Waals surface area contributed by atoms with Crippen LogP contribution in [0.2, 0.25) is 0 Å². The topological polar surface area (TPSA) is 88.1 Å². The Labute approximate surface area is 194 Å². The first-order valence-corrected chi connectivity index (χ1v) is 11.9. The Morgan fingerprint density at radius 3 is 2.21 bits per heavy atom. The van der Waals surface area contributed by atoms with E-state index < -0.39 is 22.5 Å². The molecule has 3 aromatic rings. The van der Waals surface area contributed by atoms with Crippen molar-refractivity contribution in [2.24, 2.45) is 5.10 Å². The highest BCUT2D eigenvalue weighted by Gasteiger charge is 2.29. The molecule has 3 aromatic carbocycles. The van der Waals surface area contributed by atoms with Crippen molar-refractivity contribution in [1.82, 2.24) is 5.43 Å². The quantitative estimate of drug-likeness (QED) is 0.381. The number of hydrazone groups is 1. The van der Waals surface area contributed by atoms with Crippen LogP contribution < -0.4 is 14.5 Å². The average molecular weight is 466 g/mol. The maximum atomic E-state index is 13.5. The van der Waals surface area contributed by atoms with Crippen molar-refractivity contribution in [2.75, 3.05) is 17.5 Å². The van der Waals surface area contributed by atoms with Gasteiger partial charge in [-0.3, -0.25) is 9.10 Å². The fraction of sp³-hybridized carbons (Fsp3) is 0.200. The number of carbonyl (C=O) groups excluding carboxylic acids is 1. The molecule has 1 N–H and O–H groups in total. The number of anilines is 1. The van der Waals surface area contributed by atoms with Crippen LogP contribution in [0.1, 0.15) is 23.6 Å². The zero-order chi connectivity index (χ0) is 23.8. The number of para-hydroxylation sites is 2. The summed E-state index contributed by atoms with van der Waals surface area (Å²) in [5.74, 6) is -0.216. The van der Waals surface area contributed by atoms with Gasteiger partial charge in [-0.1, -0.05) is 59.7 Å². The summed E-state index contributed by atoms with van der Waals surface area (Å²) >= 11 is 0. The normalized spacial score (nSPS) is 11.4. The second kappa shape index (κ2) is 10.8. The molecule has 0 saturated carbocycles. The summed E-state index contributed by atoms with van der Waals surface area (Å²) in [5.41, 5.74) is 5.54. The van der Waals surface area contributed by atoms with E-state index in [0.717, 1.165) is 21.0 Å². The van der Waals surface area contributed by atoms with Crippen LogP contribution >= 0.6 is 0 Å². The lowest BCUT2D eigenvalue weighted by Gasteiger charge is -2.25. The van der Waals surface area contributed by atoms with E-state index in [1.54, 1.807) is 36.4 Å². The first-order chi connectivity index (χ1) is 15.8. The van der Waals surface area contributed by atoms with Crippen molar-refractivity contribution in [3.8, 4) is 5.75 Å². The molecule has 8 heteroatoms. The second-order valence-electron chi connectivity index (χ2n) is 7.43. The van der Waals surface area contributed by atoms with Crippen LogP contribution in [0.4, 0.5) is 5.69 Å². The molecule has 1 amide bonds. The van der Waals surface area contributed by atoms with Gasteiger partial charge in [-0.2, -0.15) is 5.10 Å². The van der Waals surface area contributed by atoms with Gasteiger partial charge in [0, 0.05) is 0 Å². The molecule has 0 unspecified atom stereocenters. The summed E-state index contributed by atoms with van der Waals surface area (Å²) < 4.78 is 33.7. The Balaban J connectivity index is 1.89. The van der Waals surface area contributed by atoms with Crippen molar-refractivity contribution in [2.45, 2.75) is 25.7 Å². The molecule has 172 valence electrons. The van der Waals surface area contributed by atoms with Crippen LogP contribution in [0, 0.1) is 13.8 Å². The second-order valence-corrected chi connectivity index (χ2v) is 9.29. The molecule has 0 saturated heterocycles. The van der Waals surface area contributed by atoms with E-state index >= 15 is 0 Å². The molecule has 33 heavy (non-hydrogen) atoms. The first kappa shape index (κ1) is 24.0. The molecule has 3 rings (SSSR count). The van der Waals surface area contributed by atoms with Gasteiger partial charge >= 0.3 is 0 Å². The molecular formula is C25H27N3O4S. The number of nitrogens with zero attached hydrogens (tertiary/aromatic N) is 2. The highest BCUT2D eigenvalue weighted by Crippen LogP contribution is 2.32. The van der Waals surface area contributed by atoms with E-state index in [1.165, 1.54) is 18.3 Å². The smallest absolute Gasteiger partial charge is 0.264 e. The zero-order valence-corrected chi connectivity index (χ0v) is 19.7. The largest absolute Gasteiger partial charge is 0.492 e. The van der Waals surface area contributed by atoms with Crippen LogP contribution in [0.25, 0.3) is 0 Å². The number of sulfonamides is 1. The third-order valence-corrected chi connectivity index (χ3v) is 6.58. The SMILES string of the molecule is CCOc1ccccc1N(CC(=O)N/N=C\c1ccc(C)cc1)S(=O)(=O)c1ccc(C)cc1. The van der Waals surface area contributed by atoms with E-state index in [9.17, 15) is 13.2 Å². The third-order valence-electron chi connectivity index (χ3n) is 4.81. The monoisotopic (exact) mass is 465 g/mol. The lowest BCUT2D eigenvalue weighted by atomic mass is 10.2. The Morgan fingerprint density at radius 2 is 1.58 bits per heavy atom. The number of hydrogen-bond donors (Lipinski definition) is 1. The third kappa shape index (κ3) is 6.20. The fourth-order valence-electron chi connectivity index (χ4n) is 3.07. The highest BCUT2D eigenvalue weighted by atomic mass is 32.2. The van der Waals surface area contributed by atoms with Gasteiger partial charge in [0.05, 0.1) is 23.4 Å². The number of carbonyl (C=O) groups is 1. The van der Waals surface area contributed by atoms with E-state index in [-0.39, 0.29) is 10.6 Å². The minimum atomic E-state index is -4.05. The van der Waals surface area contributed by atoms with Gasteiger partial charge in [0.1, 0.15) is 12.3 Å². The van der Waals surface area contributed by atoms with Crippen molar-refractivity contribution in [1.29, 1.82) is 0 Å². The van der Waals surface area contributed by atoms with Gasteiger partial charge in [0.15, 0.2) is 0 Å². The minimum Gasteiger partial charge on any atom is -0.492 e. The standard InChI is InChI=1S/C25H27N3O4S/c1-4-32-24-8-6-5-7-23(24)28(33(30,31)22-15-11-20(3)12-16-22)18-25(29)27-26-17-21-13-9-19(2)10-14-21/h5-17H,4,18H2,1-3H3,(H,27,29)/b26-17-. The number of benzene rings is 3. The highest BCUT2D eigenvalue weighted by molar-refractivity contribution is 7.92. The number of aryl methyl sites for hydroxylation is 2. The number of amides is 1. The molecule has 7 nitrogen and oxygen atoms in total. The number of nitrogens with one attached hydrogen (secondary N) is 1. The summed E-state index contributed by atoms with van der Waals surface area (Å²) in [4.78, 5) is 12.8. The molecule has 0 aromatic heterocycles. The predicted molar refractivity (Wildman–Crippen MR) is 130 cm³/mol. The predicted octanol–water partition coefficient (Wildman–Crippen LogP) is 4.05. The summed E-state index contributed by atoms with van der Waals surface area (Å²) in [6.07, 6.45) is 1.50. The van der Waals surface area contributed by atoms with E-state index in [0.29, 0.717) is 12.4 Å². The van der Waals surface area contributed by atoms with Gasteiger partial charge in [0.2, 0.25) is 0 Å². The van der Waals surface area contributed by atoms with Crippen molar-refractivity contribution in [3.05, 3.63) is 89.5 Å². The van der Waals surface area contributed by atoms with E-state index in [1.807, 2.05) is 45.0 Å². The van der Waals surface area contributed by atoms with Crippen LogP contribution in [0.15, 0.2) is 82.8 Å². The molecule has 0 aliphatic heterocycles. The average Bonchev–Trinajstić information content (AvgIpc) is 2.80. The summed E-state index contributed by atoms with van der Waals surface area (Å²) in [5, 5.41) is 3.97. The van der Waals surface area contributed by atoms with E-state index in [4.69, 9.17) is 4.74 Å². The number of rotatable bonds is 9. The maximum absolute atomic E-state index is 13.5. The van der Waals surface area contributed by atoms with Gasteiger partial charge in [-0.15, -0.1) is 0 Å². The molecule has 0 aliphatic carbocycles. The fourth-order valence-corrected chi connectivity index (χ4v) is 4.51. The van der Waals surface area contributed by atoms with Crippen LogP contribution in [0.5, 0.6) is 5.75 Å². The molecule has 0 bridgehead atoms. The first-order valence-electron chi connectivity index (χ1n) is 10.5. The minimum absolute atomic E-state index is 0.0790. The number of ether oxygens (including phenoxy) is 1.